The molecule has 4 unspecified atom stereocenters. The summed E-state index contributed by atoms with van der Waals surface area (Å²) in [6, 6.07) is 27.2. The molecule has 8 nitrogen and oxygen atoms in total. The highest BCUT2D eigenvalue weighted by atomic mass is 16.5. The Bertz CT molecular complexity index is 1330. The van der Waals surface area contributed by atoms with Gasteiger partial charge in [-0.05, 0) is 42.4 Å². The van der Waals surface area contributed by atoms with E-state index in [2.05, 4.69) is 10.6 Å². The predicted molar refractivity (Wildman–Crippen MR) is 164 cm³/mol. The smallest absolute Gasteiger partial charge is 0.310 e. The number of rotatable bonds is 10. The number of hydrogen-bond donors (Lipinski definition) is 3. The van der Waals surface area contributed by atoms with Crippen molar-refractivity contribution in [3.63, 3.8) is 0 Å². The Balaban J connectivity index is 1.62. The molecule has 0 spiro atoms. The number of aliphatic hydroxyl groups is 1. The van der Waals surface area contributed by atoms with E-state index in [0.717, 1.165) is 11.1 Å². The highest BCUT2D eigenvalue weighted by molar-refractivity contribution is 6.00. The molecule has 0 saturated heterocycles. The Kier molecular flexibility index (Phi) is 12.1. The zero-order valence-electron chi connectivity index (χ0n) is 24.4. The quantitative estimate of drug-likeness (QED) is 0.189. The molecular weight excluding hydrogens is 544 g/mol. The molecule has 3 aromatic carbocycles. The van der Waals surface area contributed by atoms with Crippen LogP contribution in [0.1, 0.15) is 35.6 Å². The summed E-state index contributed by atoms with van der Waals surface area (Å²) in [4.78, 5) is 40.8. The van der Waals surface area contributed by atoms with Gasteiger partial charge in [0.15, 0.2) is 0 Å². The van der Waals surface area contributed by atoms with E-state index in [0.29, 0.717) is 24.8 Å². The molecule has 43 heavy (non-hydrogen) atoms. The number of ether oxygens (including phenoxy) is 2. The summed E-state index contributed by atoms with van der Waals surface area (Å²) < 4.78 is 11.6. The third-order valence-corrected chi connectivity index (χ3v) is 7.55. The van der Waals surface area contributed by atoms with E-state index in [4.69, 9.17) is 9.47 Å². The molecule has 0 bridgehead atoms. The van der Waals surface area contributed by atoms with Crippen LogP contribution in [0.25, 0.3) is 0 Å². The standard InChI is InChI=1S/C35H40N2O6/c1-42-24-31-32(27-17-9-4-10-18-27)43-35(41)28(21-25-13-5-2-6-14-25)19-11-12-20-30(34(40)37-31)33(39)36-29(23-38)22-26-15-7-3-8-16-26/h2-18,28-32,38H,19-24H2,1H3,(H,36,39)(H,37,40)/t28?,29-,30?,31?,32?/m1/s1. The van der Waals surface area contributed by atoms with Gasteiger partial charge in [-0.25, -0.2) is 0 Å². The van der Waals surface area contributed by atoms with Crippen molar-refractivity contribution in [2.24, 2.45) is 11.8 Å². The van der Waals surface area contributed by atoms with Gasteiger partial charge in [0.25, 0.3) is 0 Å². The fraction of sp³-hybridized carbons (Fsp3) is 0.343. The Morgan fingerprint density at radius 3 is 2.16 bits per heavy atom. The summed E-state index contributed by atoms with van der Waals surface area (Å²) in [6.07, 6.45) is 4.17. The molecule has 0 aliphatic carbocycles. The molecule has 5 atom stereocenters. The average Bonchev–Trinajstić information content (AvgIpc) is 3.03. The monoisotopic (exact) mass is 584 g/mol. The van der Waals surface area contributed by atoms with Gasteiger partial charge < -0.3 is 25.2 Å². The van der Waals surface area contributed by atoms with Crippen LogP contribution >= 0.6 is 0 Å². The van der Waals surface area contributed by atoms with E-state index in [1.165, 1.54) is 7.11 Å². The van der Waals surface area contributed by atoms with Gasteiger partial charge in [-0.1, -0.05) is 103 Å². The number of aliphatic hydroxyl groups excluding tert-OH is 1. The Morgan fingerprint density at radius 1 is 0.930 bits per heavy atom. The van der Waals surface area contributed by atoms with Crippen molar-refractivity contribution >= 4 is 17.8 Å². The number of benzene rings is 3. The van der Waals surface area contributed by atoms with Crippen molar-refractivity contribution in [2.75, 3.05) is 20.3 Å². The molecule has 0 fully saturated rings. The van der Waals surface area contributed by atoms with Crippen LogP contribution in [0, 0.1) is 11.8 Å². The number of esters is 1. The fourth-order valence-corrected chi connectivity index (χ4v) is 5.26. The molecule has 0 radical (unpaired) electrons. The van der Waals surface area contributed by atoms with Gasteiger partial charge >= 0.3 is 5.97 Å². The first kappa shape index (κ1) is 31.7. The van der Waals surface area contributed by atoms with Crippen LogP contribution in [0.4, 0.5) is 0 Å². The van der Waals surface area contributed by atoms with Crippen molar-refractivity contribution in [3.05, 3.63) is 120 Å². The molecule has 1 aliphatic heterocycles. The Labute approximate surface area is 253 Å². The lowest BCUT2D eigenvalue weighted by molar-refractivity contribution is -0.158. The highest BCUT2D eigenvalue weighted by Gasteiger charge is 2.35. The molecule has 1 aliphatic rings. The second-order valence-corrected chi connectivity index (χ2v) is 10.8. The first-order valence-corrected chi connectivity index (χ1v) is 14.7. The molecule has 3 N–H and O–H groups in total. The summed E-state index contributed by atoms with van der Waals surface area (Å²) in [5, 5.41) is 15.8. The number of methoxy groups -OCH3 is 1. The number of nitrogens with one attached hydrogen (secondary N) is 2. The van der Waals surface area contributed by atoms with Crippen molar-refractivity contribution in [2.45, 2.75) is 43.9 Å². The van der Waals surface area contributed by atoms with Crippen LogP contribution in [0.15, 0.2) is 103 Å². The van der Waals surface area contributed by atoms with Crippen molar-refractivity contribution in [1.29, 1.82) is 0 Å². The maximum Gasteiger partial charge on any atom is 0.310 e. The van der Waals surface area contributed by atoms with Crippen LogP contribution in [0.2, 0.25) is 0 Å². The minimum Gasteiger partial charge on any atom is -0.455 e. The largest absolute Gasteiger partial charge is 0.455 e. The van der Waals surface area contributed by atoms with E-state index < -0.39 is 41.8 Å². The zero-order valence-corrected chi connectivity index (χ0v) is 24.4. The van der Waals surface area contributed by atoms with Crippen LogP contribution < -0.4 is 10.6 Å². The molecule has 8 heteroatoms. The molecule has 4 rings (SSSR count). The zero-order chi connectivity index (χ0) is 30.4. The Hall–Kier alpha value is -4.27. The van der Waals surface area contributed by atoms with Gasteiger partial charge in [0.2, 0.25) is 11.8 Å². The molecule has 226 valence electrons. The van der Waals surface area contributed by atoms with Crippen LogP contribution in [0.3, 0.4) is 0 Å². The summed E-state index contributed by atoms with van der Waals surface area (Å²) >= 11 is 0. The third kappa shape index (κ3) is 9.36. The number of carbonyl (C=O) groups excluding carboxylic acids is 3. The van der Waals surface area contributed by atoms with Crippen molar-refractivity contribution < 1.29 is 29.0 Å². The first-order chi connectivity index (χ1) is 21.0. The lowest BCUT2D eigenvalue weighted by atomic mass is 9.93. The molecule has 1 heterocycles. The van der Waals surface area contributed by atoms with Crippen LogP contribution in [-0.4, -0.2) is 55.3 Å². The molecule has 2 amide bonds. The summed E-state index contributed by atoms with van der Waals surface area (Å²) in [6.45, 7) is -0.219. The SMILES string of the molecule is COCC1NC(=O)C(C(=O)N[C@@H](CO)Cc2ccccc2)CC=CCC(Cc2ccccc2)C(=O)OC1c1ccccc1. The summed E-state index contributed by atoms with van der Waals surface area (Å²) in [5.41, 5.74) is 2.67. The first-order valence-electron chi connectivity index (χ1n) is 14.7. The van der Waals surface area contributed by atoms with Gasteiger partial charge in [0.05, 0.1) is 31.2 Å². The fourth-order valence-electron chi connectivity index (χ4n) is 5.26. The van der Waals surface area contributed by atoms with E-state index in [-0.39, 0.29) is 25.6 Å². The second kappa shape index (κ2) is 16.4. The number of hydrogen-bond acceptors (Lipinski definition) is 6. The number of cyclic esters (lactones) is 1. The molecular formula is C35H40N2O6. The highest BCUT2D eigenvalue weighted by Crippen LogP contribution is 2.27. The second-order valence-electron chi connectivity index (χ2n) is 10.8. The molecule has 3 aromatic rings. The number of amides is 2. The Morgan fingerprint density at radius 2 is 1.53 bits per heavy atom. The molecule has 0 aromatic heterocycles. The van der Waals surface area contributed by atoms with Gasteiger partial charge in [0.1, 0.15) is 12.0 Å². The van der Waals surface area contributed by atoms with Gasteiger partial charge in [-0.3, -0.25) is 14.4 Å². The van der Waals surface area contributed by atoms with E-state index in [9.17, 15) is 19.5 Å². The van der Waals surface area contributed by atoms with Gasteiger partial charge in [0, 0.05) is 7.11 Å². The van der Waals surface area contributed by atoms with E-state index in [1.54, 1.807) is 6.08 Å². The number of carbonyl (C=O) groups is 3. The van der Waals surface area contributed by atoms with E-state index >= 15 is 0 Å². The minimum atomic E-state index is -1.07. The summed E-state index contributed by atoms with van der Waals surface area (Å²) in [5.74, 6) is -2.92. The van der Waals surface area contributed by atoms with Gasteiger partial charge in [-0.2, -0.15) is 0 Å². The van der Waals surface area contributed by atoms with Crippen LogP contribution in [-0.2, 0) is 36.7 Å². The predicted octanol–water partition coefficient (Wildman–Crippen LogP) is 3.95. The third-order valence-electron chi connectivity index (χ3n) is 7.55. The maximum atomic E-state index is 13.7. The summed E-state index contributed by atoms with van der Waals surface area (Å²) in [7, 11) is 1.51. The van der Waals surface area contributed by atoms with Gasteiger partial charge in [-0.15, -0.1) is 0 Å². The lowest BCUT2D eigenvalue weighted by Crippen LogP contribution is -2.51. The lowest BCUT2D eigenvalue weighted by Gasteiger charge is -2.31. The van der Waals surface area contributed by atoms with Crippen molar-refractivity contribution in [1.82, 2.24) is 10.6 Å². The molecule has 0 saturated carbocycles. The normalized spacial score (nSPS) is 21.9. The topological polar surface area (TPSA) is 114 Å². The maximum absolute atomic E-state index is 13.7. The average molecular weight is 585 g/mol. The van der Waals surface area contributed by atoms with Crippen molar-refractivity contribution in [3.8, 4) is 0 Å². The van der Waals surface area contributed by atoms with Crippen LogP contribution in [0.5, 0.6) is 0 Å². The minimum absolute atomic E-state index is 0.0549. The number of allylic oxidation sites excluding steroid dienone is 2. The van der Waals surface area contributed by atoms with E-state index in [1.807, 2.05) is 97.1 Å².